The highest BCUT2D eigenvalue weighted by Gasteiger charge is 2.07. The molecule has 0 aliphatic heterocycles. The molecule has 3 aromatic rings. The molecule has 0 aliphatic rings. The lowest BCUT2D eigenvalue weighted by molar-refractivity contribution is 0.350. The first-order chi connectivity index (χ1) is 10.3. The van der Waals surface area contributed by atoms with Gasteiger partial charge in [-0.1, -0.05) is 30.0 Å². The standard InChI is InChI=1S/C16H12N2O2S/c19-8-3-5-12-7-9-21-15(12)11-18-16(20)14-6-2-1-4-13(14)10-17-18/h1-2,4,6-7,9-10,19H,8,11H2. The summed E-state index contributed by atoms with van der Waals surface area (Å²) in [5, 5.41) is 16.4. The second-order valence-electron chi connectivity index (χ2n) is 4.41. The summed E-state index contributed by atoms with van der Waals surface area (Å²) in [6.45, 7) is 0.209. The van der Waals surface area contributed by atoms with Crippen molar-refractivity contribution in [2.24, 2.45) is 0 Å². The van der Waals surface area contributed by atoms with Crippen LogP contribution in [0.15, 0.2) is 46.7 Å². The molecule has 3 rings (SSSR count). The fourth-order valence-corrected chi connectivity index (χ4v) is 2.90. The van der Waals surface area contributed by atoms with Crippen LogP contribution >= 0.6 is 11.3 Å². The summed E-state index contributed by atoms with van der Waals surface area (Å²) in [5.41, 5.74) is 0.721. The van der Waals surface area contributed by atoms with Crippen LogP contribution in [0.25, 0.3) is 10.8 Å². The van der Waals surface area contributed by atoms with Gasteiger partial charge in [0.25, 0.3) is 5.56 Å². The van der Waals surface area contributed by atoms with E-state index in [0.29, 0.717) is 11.9 Å². The first-order valence-corrected chi connectivity index (χ1v) is 7.28. The van der Waals surface area contributed by atoms with Crippen molar-refractivity contribution in [2.75, 3.05) is 6.61 Å². The van der Waals surface area contributed by atoms with Gasteiger partial charge in [0.15, 0.2) is 0 Å². The van der Waals surface area contributed by atoms with Gasteiger partial charge in [0.2, 0.25) is 0 Å². The Bertz CT molecular complexity index is 900. The van der Waals surface area contributed by atoms with Crippen LogP contribution in [0.1, 0.15) is 10.4 Å². The van der Waals surface area contributed by atoms with Crippen molar-refractivity contribution in [3.63, 3.8) is 0 Å². The van der Waals surface area contributed by atoms with E-state index in [4.69, 9.17) is 5.11 Å². The fourth-order valence-electron chi connectivity index (χ4n) is 2.09. The molecular weight excluding hydrogens is 284 g/mol. The van der Waals surface area contributed by atoms with Gasteiger partial charge in [-0.25, -0.2) is 4.68 Å². The lowest BCUT2D eigenvalue weighted by Crippen LogP contribution is -2.23. The van der Waals surface area contributed by atoms with E-state index in [9.17, 15) is 4.79 Å². The average molecular weight is 296 g/mol. The van der Waals surface area contributed by atoms with Gasteiger partial charge in [-0.3, -0.25) is 4.79 Å². The van der Waals surface area contributed by atoms with Crippen LogP contribution in [0.3, 0.4) is 0 Å². The largest absolute Gasteiger partial charge is 0.384 e. The Morgan fingerprint density at radius 3 is 3.00 bits per heavy atom. The van der Waals surface area contributed by atoms with E-state index in [1.807, 2.05) is 29.6 Å². The smallest absolute Gasteiger partial charge is 0.274 e. The molecule has 5 heteroatoms. The van der Waals surface area contributed by atoms with Gasteiger partial charge in [0.05, 0.1) is 18.1 Å². The van der Waals surface area contributed by atoms with E-state index in [1.165, 1.54) is 16.0 Å². The van der Waals surface area contributed by atoms with Crippen molar-refractivity contribution < 1.29 is 5.11 Å². The van der Waals surface area contributed by atoms with Crippen LogP contribution in [-0.2, 0) is 6.54 Å². The van der Waals surface area contributed by atoms with Crippen molar-refractivity contribution in [2.45, 2.75) is 6.54 Å². The molecule has 0 spiro atoms. The number of aromatic nitrogens is 2. The van der Waals surface area contributed by atoms with E-state index < -0.39 is 0 Å². The Labute approximate surface area is 125 Å². The van der Waals surface area contributed by atoms with Crippen molar-refractivity contribution in [1.82, 2.24) is 9.78 Å². The van der Waals surface area contributed by atoms with Crippen LogP contribution in [0.2, 0.25) is 0 Å². The van der Waals surface area contributed by atoms with Gasteiger partial charge in [-0.05, 0) is 17.5 Å². The molecule has 21 heavy (non-hydrogen) atoms. The zero-order chi connectivity index (χ0) is 14.7. The van der Waals surface area contributed by atoms with Crippen molar-refractivity contribution in [3.05, 3.63) is 62.7 Å². The molecule has 0 radical (unpaired) electrons. The van der Waals surface area contributed by atoms with E-state index in [0.717, 1.165) is 15.8 Å². The molecule has 0 fully saturated rings. The van der Waals surface area contributed by atoms with Crippen molar-refractivity contribution in [1.29, 1.82) is 0 Å². The Morgan fingerprint density at radius 2 is 2.14 bits per heavy atom. The summed E-state index contributed by atoms with van der Waals surface area (Å²) < 4.78 is 1.44. The first kappa shape index (κ1) is 13.6. The number of aliphatic hydroxyl groups excluding tert-OH is 1. The van der Waals surface area contributed by atoms with Gasteiger partial charge in [0.1, 0.15) is 6.61 Å². The molecule has 4 nitrogen and oxygen atoms in total. The Balaban J connectivity index is 2.01. The molecule has 0 unspecified atom stereocenters. The second kappa shape index (κ2) is 5.92. The number of fused-ring (bicyclic) bond motifs is 1. The lowest BCUT2D eigenvalue weighted by atomic mass is 10.2. The minimum atomic E-state index is -0.177. The highest BCUT2D eigenvalue weighted by atomic mass is 32.1. The topological polar surface area (TPSA) is 55.1 Å². The summed E-state index contributed by atoms with van der Waals surface area (Å²) in [5.74, 6) is 5.51. The predicted octanol–water partition coefficient (Wildman–Crippen LogP) is 1.85. The van der Waals surface area contributed by atoms with Gasteiger partial charge >= 0.3 is 0 Å². The summed E-state index contributed by atoms with van der Waals surface area (Å²) in [4.78, 5) is 13.4. The summed E-state index contributed by atoms with van der Waals surface area (Å²) >= 11 is 1.53. The maximum absolute atomic E-state index is 12.4. The monoisotopic (exact) mass is 296 g/mol. The van der Waals surface area contributed by atoms with E-state index >= 15 is 0 Å². The number of benzene rings is 1. The average Bonchev–Trinajstić information content (AvgIpc) is 2.95. The summed E-state index contributed by atoms with van der Waals surface area (Å²) in [6, 6.07) is 9.29. The molecule has 0 amide bonds. The number of nitrogens with zero attached hydrogens (tertiary/aromatic N) is 2. The molecule has 0 bridgehead atoms. The number of thiophene rings is 1. The normalized spacial score (nSPS) is 10.3. The van der Waals surface area contributed by atoms with Crippen LogP contribution in [0.4, 0.5) is 0 Å². The molecule has 0 saturated carbocycles. The predicted molar refractivity (Wildman–Crippen MR) is 83.4 cm³/mol. The molecule has 2 heterocycles. The number of aliphatic hydroxyl groups is 1. The maximum atomic E-state index is 12.4. The highest BCUT2D eigenvalue weighted by molar-refractivity contribution is 7.10. The van der Waals surface area contributed by atoms with Gasteiger partial charge in [-0.15, -0.1) is 11.3 Å². The number of rotatable bonds is 2. The van der Waals surface area contributed by atoms with Crippen LogP contribution < -0.4 is 5.56 Å². The molecular formula is C16H12N2O2S. The zero-order valence-corrected chi connectivity index (χ0v) is 11.9. The maximum Gasteiger partial charge on any atom is 0.274 e. The van der Waals surface area contributed by atoms with Gasteiger partial charge in [-0.2, -0.15) is 5.10 Å². The molecule has 1 aromatic carbocycles. The van der Waals surface area contributed by atoms with Crippen LogP contribution in [-0.4, -0.2) is 21.5 Å². The molecule has 2 aromatic heterocycles. The lowest BCUT2D eigenvalue weighted by Gasteiger charge is -2.05. The molecule has 104 valence electrons. The molecule has 1 N–H and O–H groups in total. The quantitative estimate of drug-likeness (QED) is 0.734. The Hall–Kier alpha value is -2.42. The fraction of sp³-hybridized carbons (Fsp3) is 0.125. The van der Waals surface area contributed by atoms with Crippen molar-refractivity contribution in [3.8, 4) is 11.8 Å². The molecule has 0 aliphatic carbocycles. The minimum Gasteiger partial charge on any atom is -0.384 e. The third-order valence-corrected chi connectivity index (χ3v) is 4.01. The minimum absolute atomic E-state index is 0.109. The van der Waals surface area contributed by atoms with E-state index in [-0.39, 0.29) is 12.2 Å². The van der Waals surface area contributed by atoms with Gasteiger partial charge < -0.3 is 5.11 Å². The second-order valence-corrected chi connectivity index (χ2v) is 5.41. The van der Waals surface area contributed by atoms with Gasteiger partial charge in [0, 0.05) is 15.8 Å². The first-order valence-electron chi connectivity index (χ1n) is 6.40. The van der Waals surface area contributed by atoms with Crippen molar-refractivity contribution >= 4 is 22.1 Å². The SMILES string of the molecule is O=c1c2ccccc2cnn1Cc1sccc1C#CCO. The summed E-state index contributed by atoms with van der Waals surface area (Å²) in [7, 11) is 0. The number of hydrogen-bond donors (Lipinski definition) is 1. The highest BCUT2D eigenvalue weighted by Crippen LogP contribution is 2.17. The Kier molecular flexibility index (Phi) is 3.82. The summed E-state index contributed by atoms with van der Waals surface area (Å²) in [6.07, 6.45) is 1.70. The zero-order valence-electron chi connectivity index (χ0n) is 11.1. The van der Waals surface area contributed by atoms with E-state index in [2.05, 4.69) is 16.9 Å². The third-order valence-electron chi connectivity index (χ3n) is 3.10. The third kappa shape index (κ3) is 2.72. The van der Waals surface area contributed by atoms with Crippen LogP contribution in [0, 0.1) is 11.8 Å². The Morgan fingerprint density at radius 1 is 1.29 bits per heavy atom. The number of hydrogen-bond acceptors (Lipinski definition) is 4. The molecule has 0 atom stereocenters. The molecule has 0 saturated heterocycles. The van der Waals surface area contributed by atoms with Crippen LogP contribution in [0.5, 0.6) is 0 Å². The van der Waals surface area contributed by atoms with E-state index in [1.54, 1.807) is 12.3 Å².